The highest BCUT2D eigenvalue weighted by molar-refractivity contribution is 6.83. The van der Waals surface area contributed by atoms with Crippen LogP contribution in [0.25, 0.3) is 0 Å². The minimum atomic E-state index is -1.01. The lowest BCUT2D eigenvalue weighted by atomic mass is 10.8. The van der Waals surface area contributed by atoms with E-state index in [0.717, 1.165) is 0 Å². The summed E-state index contributed by atoms with van der Waals surface area (Å²) in [6.07, 6.45) is 0. The molecular weight excluding hydrogens is 178 g/mol. The van der Waals surface area contributed by atoms with E-state index in [9.17, 15) is 0 Å². The van der Waals surface area contributed by atoms with Gasteiger partial charge in [-0.05, 0) is 18.6 Å². The molecule has 1 nitrogen and oxygen atoms in total. The molecule has 0 aromatic heterocycles. The lowest BCUT2D eigenvalue weighted by Gasteiger charge is -2.38. The van der Waals surface area contributed by atoms with Gasteiger partial charge in [0.1, 0.15) is 17.2 Å². The summed E-state index contributed by atoms with van der Waals surface area (Å²) in [7, 11) is -1.19. The second kappa shape index (κ2) is 5.19. The minimum Gasteiger partial charge on any atom is -0.347 e. The van der Waals surface area contributed by atoms with E-state index in [1.807, 2.05) is 0 Å². The molecule has 12 heavy (non-hydrogen) atoms. The first-order valence-electron chi connectivity index (χ1n) is 5.09. The molecule has 0 spiro atoms. The zero-order chi connectivity index (χ0) is 9.78. The predicted molar refractivity (Wildman–Crippen MR) is 62.4 cm³/mol. The quantitative estimate of drug-likeness (QED) is 0.619. The summed E-state index contributed by atoms with van der Waals surface area (Å²) in [6.45, 7) is 15.7. The van der Waals surface area contributed by atoms with Crippen LogP contribution >= 0.6 is 0 Å². The van der Waals surface area contributed by atoms with Crippen molar-refractivity contribution in [2.45, 2.75) is 52.5 Å². The van der Waals surface area contributed by atoms with Gasteiger partial charge in [0.2, 0.25) is 0 Å². The summed E-state index contributed by atoms with van der Waals surface area (Å²) in [5.41, 5.74) is 0. The van der Waals surface area contributed by atoms with Crippen molar-refractivity contribution in [3.05, 3.63) is 0 Å². The lowest BCUT2D eigenvalue weighted by molar-refractivity contribution is 0.656. The van der Waals surface area contributed by atoms with E-state index >= 15 is 0 Å². The smallest absolute Gasteiger partial charge is 0.128 e. The van der Waals surface area contributed by atoms with E-state index in [2.05, 4.69) is 44.6 Å². The second-order valence-electron chi connectivity index (χ2n) is 4.19. The van der Waals surface area contributed by atoms with Crippen LogP contribution in [-0.2, 0) is 0 Å². The van der Waals surface area contributed by atoms with Gasteiger partial charge in [0.15, 0.2) is 0 Å². The Morgan fingerprint density at radius 2 is 1.42 bits per heavy atom. The van der Waals surface area contributed by atoms with E-state index < -0.39 is 8.24 Å². The van der Waals surface area contributed by atoms with Crippen LogP contribution in [0, 0.1) is 0 Å². The zero-order valence-electron chi connectivity index (χ0n) is 9.57. The Hall–Kier alpha value is 0.394. The second-order valence-corrected chi connectivity index (χ2v) is 12.6. The van der Waals surface area contributed by atoms with Gasteiger partial charge in [0.25, 0.3) is 0 Å². The van der Waals surface area contributed by atoms with Crippen molar-refractivity contribution in [3.8, 4) is 0 Å². The number of hydrogen-bond donors (Lipinski definition) is 0. The minimum absolute atomic E-state index is 0.175. The Bertz CT molecular complexity index is 116. The molecule has 0 amide bonds. The molecule has 0 bridgehead atoms. The van der Waals surface area contributed by atoms with Gasteiger partial charge < -0.3 is 4.23 Å². The Morgan fingerprint density at radius 3 is 1.50 bits per heavy atom. The molecule has 0 aliphatic heterocycles. The van der Waals surface area contributed by atoms with Crippen molar-refractivity contribution in [1.82, 2.24) is 4.23 Å². The monoisotopic (exact) mass is 202 g/mol. The van der Waals surface area contributed by atoms with Crippen molar-refractivity contribution in [2.75, 3.05) is 6.54 Å². The van der Waals surface area contributed by atoms with Gasteiger partial charge in [-0.2, -0.15) is 0 Å². The molecule has 0 saturated heterocycles. The molecule has 0 aromatic carbocycles. The van der Waals surface area contributed by atoms with Crippen LogP contribution < -0.4 is 0 Å². The summed E-state index contributed by atoms with van der Waals surface area (Å²) in [4.78, 5) is 0. The van der Waals surface area contributed by atoms with Crippen LogP contribution in [0.3, 0.4) is 0 Å². The van der Waals surface area contributed by atoms with E-state index in [1.54, 1.807) is 0 Å². The first kappa shape index (κ1) is 12.4. The number of hydrogen-bond acceptors (Lipinski definition) is 1. The SMILES string of the molecule is CCN([Si](CC)CC)[Si](C)(C)C. The van der Waals surface area contributed by atoms with Gasteiger partial charge in [0.05, 0.1) is 0 Å². The molecule has 0 aliphatic rings. The molecule has 0 heterocycles. The number of nitrogens with zero attached hydrogens (tertiary/aromatic N) is 1. The Morgan fingerprint density at radius 1 is 1.00 bits per heavy atom. The predicted octanol–water partition coefficient (Wildman–Crippen LogP) is 3.17. The first-order chi connectivity index (χ1) is 5.47. The maximum Gasteiger partial charge on any atom is 0.128 e. The highest BCUT2D eigenvalue weighted by atomic mass is 28.4. The fourth-order valence-electron chi connectivity index (χ4n) is 1.80. The molecule has 3 heteroatoms. The molecule has 0 N–H and O–H groups in total. The molecule has 1 radical (unpaired) electrons. The average molecular weight is 202 g/mol. The molecule has 0 unspecified atom stereocenters. The maximum absolute atomic E-state index is 2.83. The molecule has 0 fully saturated rings. The maximum atomic E-state index is 2.83. The highest BCUT2D eigenvalue weighted by Crippen LogP contribution is 2.15. The third-order valence-corrected chi connectivity index (χ3v) is 9.93. The number of rotatable bonds is 5. The molecule has 73 valence electrons. The van der Waals surface area contributed by atoms with Crippen LogP contribution in [0.15, 0.2) is 0 Å². The van der Waals surface area contributed by atoms with Gasteiger partial charge in [-0.1, -0.05) is 40.4 Å². The van der Waals surface area contributed by atoms with Crippen LogP contribution in [0.2, 0.25) is 31.7 Å². The average Bonchev–Trinajstić information content (AvgIpc) is 1.97. The standard InChI is InChI=1S/C9H24NSi2/c1-7-10(12(4,5)6)11(8-2)9-3/h7-9H2,1-6H3. The lowest BCUT2D eigenvalue weighted by Crippen LogP contribution is -2.53. The van der Waals surface area contributed by atoms with E-state index in [4.69, 9.17) is 0 Å². The van der Waals surface area contributed by atoms with Gasteiger partial charge in [-0.3, -0.25) is 0 Å². The van der Waals surface area contributed by atoms with Crippen LogP contribution in [-0.4, -0.2) is 28.0 Å². The molecule has 0 atom stereocenters. The largest absolute Gasteiger partial charge is 0.347 e. The van der Waals surface area contributed by atoms with Crippen LogP contribution in [0.4, 0.5) is 0 Å². The van der Waals surface area contributed by atoms with Gasteiger partial charge in [-0.15, -0.1) is 0 Å². The van der Waals surface area contributed by atoms with Gasteiger partial charge in [-0.25, -0.2) is 0 Å². The Balaban J connectivity index is 4.31. The zero-order valence-corrected chi connectivity index (χ0v) is 11.6. The summed E-state index contributed by atoms with van der Waals surface area (Å²) < 4.78 is 2.83. The first-order valence-corrected chi connectivity index (χ1v) is 10.4. The van der Waals surface area contributed by atoms with Crippen LogP contribution in [0.1, 0.15) is 20.8 Å². The van der Waals surface area contributed by atoms with E-state index in [-0.39, 0.29) is 8.96 Å². The Labute approximate surface area is 80.9 Å². The molecule has 0 rings (SSSR count). The van der Waals surface area contributed by atoms with Crippen molar-refractivity contribution in [1.29, 1.82) is 0 Å². The van der Waals surface area contributed by atoms with Crippen molar-refractivity contribution < 1.29 is 0 Å². The normalized spacial score (nSPS) is 13.0. The van der Waals surface area contributed by atoms with Crippen LogP contribution in [0.5, 0.6) is 0 Å². The van der Waals surface area contributed by atoms with Crippen molar-refractivity contribution in [2.24, 2.45) is 0 Å². The third-order valence-electron chi connectivity index (χ3n) is 2.32. The highest BCUT2D eigenvalue weighted by Gasteiger charge is 2.28. The summed E-state index contributed by atoms with van der Waals surface area (Å²) in [5, 5.41) is 0. The fourth-order valence-corrected chi connectivity index (χ4v) is 9.21. The Kier molecular flexibility index (Phi) is 5.36. The third kappa shape index (κ3) is 3.41. The summed E-state index contributed by atoms with van der Waals surface area (Å²) in [6, 6.07) is 2.80. The van der Waals surface area contributed by atoms with E-state index in [1.165, 1.54) is 18.6 Å². The topological polar surface area (TPSA) is 3.24 Å². The van der Waals surface area contributed by atoms with Gasteiger partial charge >= 0.3 is 0 Å². The van der Waals surface area contributed by atoms with Gasteiger partial charge in [0, 0.05) is 0 Å². The summed E-state index contributed by atoms with van der Waals surface area (Å²) >= 11 is 0. The van der Waals surface area contributed by atoms with E-state index in [0.29, 0.717) is 0 Å². The van der Waals surface area contributed by atoms with Crippen molar-refractivity contribution >= 4 is 17.2 Å². The molecule has 0 aromatic rings. The summed E-state index contributed by atoms with van der Waals surface area (Å²) in [5.74, 6) is 0. The molecule has 0 aliphatic carbocycles. The molecule has 0 saturated carbocycles. The van der Waals surface area contributed by atoms with Crippen molar-refractivity contribution in [3.63, 3.8) is 0 Å². The molecular formula is C9H24NSi2. The fraction of sp³-hybridized carbons (Fsp3) is 1.00.